The van der Waals surface area contributed by atoms with E-state index < -0.39 is 16.0 Å². The molecule has 3 rings (SSSR count). The van der Waals surface area contributed by atoms with Crippen LogP contribution in [0.15, 0.2) is 33.9 Å². The van der Waals surface area contributed by atoms with Crippen molar-refractivity contribution in [2.75, 3.05) is 12.9 Å². The van der Waals surface area contributed by atoms with Gasteiger partial charge in [-0.25, -0.2) is 0 Å². The number of hydrogen-bond donors (Lipinski definition) is 1. The number of amides is 1. The van der Waals surface area contributed by atoms with Crippen LogP contribution in [0.5, 0.6) is 11.5 Å². The number of nitrogens with one attached hydrogen (secondary N) is 1. The molecular weight excluding hydrogens is 428 g/mol. The zero-order valence-electron chi connectivity index (χ0n) is 16.8. The van der Waals surface area contributed by atoms with Crippen LogP contribution in [0.25, 0.3) is 6.08 Å². The zero-order chi connectivity index (χ0) is 21.9. The van der Waals surface area contributed by atoms with E-state index in [1.165, 1.54) is 28.9 Å². The number of thioether (sulfide) groups is 1. The third-order valence-electron chi connectivity index (χ3n) is 4.06. The molecule has 0 atom stereocenters. The van der Waals surface area contributed by atoms with Crippen molar-refractivity contribution in [3.8, 4) is 11.5 Å². The molecule has 0 bridgehead atoms. The van der Waals surface area contributed by atoms with Crippen LogP contribution in [-0.2, 0) is 14.9 Å². The van der Waals surface area contributed by atoms with Gasteiger partial charge in [-0.2, -0.15) is 23.5 Å². The third kappa shape index (κ3) is 5.08. The van der Waals surface area contributed by atoms with E-state index in [9.17, 15) is 13.2 Å². The molecule has 9 nitrogen and oxygen atoms in total. The third-order valence-corrected chi connectivity index (χ3v) is 5.51. The average molecular weight is 451 g/mol. The molecule has 160 valence electrons. The Labute approximate surface area is 179 Å². The molecule has 0 radical (unpaired) electrons. The number of nitrogens with zero attached hydrogens (tertiary/aromatic N) is 3. The Morgan fingerprint density at radius 1 is 1.27 bits per heavy atom. The molecule has 0 saturated heterocycles. The van der Waals surface area contributed by atoms with Crippen molar-refractivity contribution in [3.05, 3.63) is 29.3 Å². The predicted octanol–water partition coefficient (Wildman–Crippen LogP) is 3.23. The number of hydrazone groups is 1. The van der Waals surface area contributed by atoms with Crippen molar-refractivity contribution in [2.24, 2.45) is 10.1 Å². The Morgan fingerprint density at radius 3 is 2.70 bits per heavy atom. The molecule has 1 aromatic carbocycles. The molecule has 30 heavy (non-hydrogen) atoms. The van der Waals surface area contributed by atoms with Gasteiger partial charge in [0.2, 0.25) is 5.17 Å². The Balaban J connectivity index is 1.91. The maximum atomic E-state index is 12.5. The fourth-order valence-electron chi connectivity index (χ4n) is 2.74. The number of fused-ring (bicyclic) bond motifs is 1. The predicted molar refractivity (Wildman–Crippen MR) is 118 cm³/mol. The van der Waals surface area contributed by atoms with E-state index in [2.05, 4.69) is 17.0 Å². The lowest BCUT2D eigenvalue weighted by Crippen LogP contribution is -2.35. The van der Waals surface area contributed by atoms with Crippen LogP contribution in [-0.4, -0.2) is 48.2 Å². The fraction of sp³-hybridized carbons (Fsp3) is 0.368. The molecule has 0 spiro atoms. The Bertz CT molecular complexity index is 1080. The van der Waals surface area contributed by atoms with E-state index in [-0.39, 0.29) is 22.9 Å². The summed E-state index contributed by atoms with van der Waals surface area (Å²) in [5, 5.41) is 15.4. The standard InChI is InChI=1S/C19H22N4O5S2/c1-4-6-7-16-22-23-17(20)13(18(24)21-19(23)29-16)10-12-8-9-14(28-30(3,25)26)15(11-12)27-5-2/h8-11,20H,4-7H2,1-3H3/b13-10-,20-17?. The molecule has 11 heteroatoms. The van der Waals surface area contributed by atoms with E-state index in [0.29, 0.717) is 17.3 Å². The molecule has 2 aliphatic heterocycles. The number of carbonyl (C=O) groups excluding carboxylic acids is 1. The quantitative estimate of drug-likeness (QED) is 0.477. The highest BCUT2D eigenvalue weighted by Crippen LogP contribution is 2.33. The van der Waals surface area contributed by atoms with Crippen LogP contribution < -0.4 is 8.92 Å². The summed E-state index contributed by atoms with van der Waals surface area (Å²) in [7, 11) is -3.72. The second-order valence-corrected chi connectivity index (χ2v) is 9.16. The largest absolute Gasteiger partial charge is 0.490 e. The minimum absolute atomic E-state index is 0.0490. The molecule has 0 aliphatic carbocycles. The van der Waals surface area contributed by atoms with Crippen molar-refractivity contribution >= 4 is 49.9 Å². The molecule has 1 aromatic rings. The van der Waals surface area contributed by atoms with Crippen LogP contribution in [0.2, 0.25) is 0 Å². The first-order valence-corrected chi connectivity index (χ1v) is 12.0. The highest BCUT2D eigenvalue weighted by atomic mass is 32.2. The molecule has 0 fully saturated rings. The number of amidine groups is 2. The van der Waals surface area contributed by atoms with Gasteiger partial charge in [0.05, 0.1) is 18.4 Å². The first kappa shape index (κ1) is 22.0. The molecule has 0 unspecified atom stereocenters. The van der Waals surface area contributed by atoms with Gasteiger partial charge < -0.3 is 8.92 Å². The Hall–Kier alpha value is -2.66. The van der Waals surface area contributed by atoms with Crippen LogP contribution in [0.3, 0.4) is 0 Å². The second kappa shape index (κ2) is 9.00. The Kier molecular flexibility index (Phi) is 6.61. The maximum Gasteiger partial charge on any atom is 0.306 e. The van der Waals surface area contributed by atoms with Crippen molar-refractivity contribution in [2.45, 2.75) is 33.1 Å². The highest BCUT2D eigenvalue weighted by Gasteiger charge is 2.35. The van der Waals surface area contributed by atoms with Gasteiger partial charge in [0.1, 0.15) is 5.04 Å². The lowest BCUT2D eigenvalue weighted by Gasteiger charge is -2.20. The van der Waals surface area contributed by atoms with E-state index in [1.807, 2.05) is 0 Å². The summed E-state index contributed by atoms with van der Waals surface area (Å²) in [5.74, 6) is -0.320. The van der Waals surface area contributed by atoms with Gasteiger partial charge >= 0.3 is 10.1 Å². The maximum absolute atomic E-state index is 12.5. The smallest absolute Gasteiger partial charge is 0.306 e. The minimum atomic E-state index is -3.72. The van der Waals surface area contributed by atoms with Crippen LogP contribution >= 0.6 is 11.8 Å². The minimum Gasteiger partial charge on any atom is -0.490 e. The van der Waals surface area contributed by atoms with Gasteiger partial charge in [0, 0.05) is 0 Å². The van der Waals surface area contributed by atoms with Crippen LogP contribution in [0.4, 0.5) is 0 Å². The van der Waals surface area contributed by atoms with Gasteiger partial charge in [-0.05, 0) is 55.3 Å². The van der Waals surface area contributed by atoms with Crippen LogP contribution in [0.1, 0.15) is 38.7 Å². The van der Waals surface area contributed by atoms with Gasteiger partial charge in [-0.15, -0.1) is 0 Å². The molecular formula is C19H22N4O5S2. The first-order valence-electron chi connectivity index (χ1n) is 9.37. The summed E-state index contributed by atoms with van der Waals surface area (Å²) in [5.41, 5.74) is 0.618. The molecule has 2 aliphatic rings. The number of rotatable bonds is 8. The lowest BCUT2D eigenvalue weighted by atomic mass is 10.1. The summed E-state index contributed by atoms with van der Waals surface area (Å²) in [6.07, 6.45) is 5.21. The van der Waals surface area contributed by atoms with Gasteiger partial charge in [-0.3, -0.25) is 10.2 Å². The molecule has 1 amide bonds. The number of hydrogen-bond acceptors (Lipinski definition) is 8. The summed E-state index contributed by atoms with van der Waals surface area (Å²) >= 11 is 1.31. The topological polar surface area (TPSA) is 121 Å². The second-order valence-electron chi connectivity index (χ2n) is 6.54. The SMILES string of the molecule is CCCCC1=NN2C(=N)/C(=C/c3ccc(OS(C)(=O)=O)c(OCC)c3)C(=O)N=C2S1. The van der Waals surface area contributed by atoms with Gasteiger partial charge in [-0.1, -0.05) is 19.4 Å². The molecule has 2 heterocycles. The Morgan fingerprint density at radius 2 is 2.03 bits per heavy atom. The van der Waals surface area contributed by atoms with Crippen molar-refractivity contribution in [1.29, 1.82) is 5.41 Å². The summed E-state index contributed by atoms with van der Waals surface area (Å²) in [6, 6.07) is 4.56. The number of carbonyl (C=O) groups is 1. The number of ether oxygens (including phenoxy) is 1. The molecule has 0 aromatic heterocycles. The summed E-state index contributed by atoms with van der Waals surface area (Å²) < 4.78 is 33.3. The van der Waals surface area contributed by atoms with E-state index in [1.54, 1.807) is 19.1 Å². The monoisotopic (exact) mass is 450 g/mol. The normalized spacial score (nSPS) is 17.7. The zero-order valence-corrected chi connectivity index (χ0v) is 18.5. The van der Waals surface area contributed by atoms with Crippen molar-refractivity contribution < 1.29 is 22.1 Å². The van der Waals surface area contributed by atoms with E-state index in [0.717, 1.165) is 30.6 Å². The summed E-state index contributed by atoms with van der Waals surface area (Å²) in [4.78, 5) is 16.6. The fourth-order valence-corrected chi connectivity index (χ4v) is 4.13. The van der Waals surface area contributed by atoms with Crippen LogP contribution in [0, 0.1) is 5.41 Å². The van der Waals surface area contributed by atoms with E-state index in [4.69, 9.17) is 14.3 Å². The highest BCUT2D eigenvalue weighted by molar-refractivity contribution is 8.26. The van der Waals surface area contributed by atoms with E-state index >= 15 is 0 Å². The molecule has 0 saturated carbocycles. The van der Waals surface area contributed by atoms with Crippen molar-refractivity contribution in [3.63, 3.8) is 0 Å². The number of unbranched alkanes of at least 4 members (excludes halogenated alkanes) is 1. The average Bonchev–Trinajstić information content (AvgIpc) is 3.07. The lowest BCUT2D eigenvalue weighted by molar-refractivity contribution is -0.114. The van der Waals surface area contributed by atoms with Gasteiger partial charge in [0.15, 0.2) is 17.3 Å². The number of benzene rings is 1. The summed E-state index contributed by atoms with van der Waals surface area (Å²) in [6.45, 7) is 4.13. The van der Waals surface area contributed by atoms with Crippen molar-refractivity contribution in [1.82, 2.24) is 5.01 Å². The number of aliphatic imine (C=N–C) groups is 1. The first-order chi connectivity index (χ1) is 14.2. The molecule has 1 N–H and O–H groups in total. The van der Waals surface area contributed by atoms with Gasteiger partial charge in [0.25, 0.3) is 5.91 Å².